The Balaban J connectivity index is 3.25. The van der Waals surface area contributed by atoms with Gasteiger partial charge in [0.1, 0.15) is 17.1 Å². The summed E-state index contributed by atoms with van der Waals surface area (Å²) >= 11 is 0. The lowest BCUT2D eigenvalue weighted by Gasteiger charge is -2.33. The van der Waals surface area contributed by atoms with Crippen molar-refractivity contribution >= 4 is 5.84 Å². The molecule has 0 aliphatic carbocycles. The number of nitrogens with zero attached hydrogens (tertiary/aromatic N) is 2. The molecular formula is C11H17FN4. The van der Waals surface area contributed by atoms with Gasteiger partial charge in [-0.05, 0) is 40.1 Å². The summed E-state index contributed by atoms with van der Waals surface area (Å²) in [5.41, 5.74) is -0.463. The highest BCUT2D eigenvalue weighted by molar-refractivity contribution is 5.89. The molecule has 88 valence electrons. The molecule has 0 spiro atoms. The molecule has 0 saturated carbocycles. The van der Waals surface area contributed by atoms with Crippen LogP contribution < -0.4 is 5.49 Å². The maximum Gasteiger partial charge on any atom is 0.140 e. The van der Waals surface area contributed by atoms with Crippen LogP contribution in [0.25, 0.3) is 0 Å². The monoisotopic (exact) mass is 224 g/mol. The summed E-state index contributed by atoms with van der Waals surface area (Å²) in [5, 5.41) is 15.7. The fourth-order valence-corrected chi connectivity index (χ4v) is 1.17. The smallest absolute Gasteiger partial charge is 0.140 e. The fourth-order valence-electron chi connectivity index (χ4n) is 1.17. The van der Waals surface area contributed by atoms with E-state index in [1.807, 2.05) is 32.8 Å². The van der Waals surface area contributed by atoms with Crippen LogP contribution in [0.3, 0.4) is 0 Å². The number of pyridine rings is 1. The van der Waals surface area contributed by atoms with E-state index in [0.717, 1.165) is 6.20 Å². The van der Waals surface area contributed by atoms with E-state index in [4.69, 9.17) is 10.8 Å². The highest BCUT2D eigenvalue weighted by atomic mass is 19.1. The number of nitrogens with one attached hydrogen (secondary N) is 2. The topological polar surface area (TPSA) is 55.9 Å². The molecule has 0 unspecified atom stereocenters. The van der Waals surface area contributed by atoms with Crippen molar-refractivity contribution in [3.63, 3.8) is 0 Å². The number of halogens is 1. The van der Waals surface area contributed by atoms with Gasteiger partial charge in [-0.3, -0.25) is 20.3 Å². The zero-order valence-electron chi connectivity index (χ0n) is 10.0. The lowest BCUT2D eigenvalue weighted by atomic mass is 10.0. The highest BCUT2D eigenvalue weighted by Crippen LogP contribution is 2.12. The maximum absolute atomic E-state index is 13.1. The number of likely N-dealkylation sites (N-methyl/N-ethyl adjacent to an activating group) is 1. The van der Waals surface area contributed by atoms with Gasteiger partial charge < -0.3 is 0 Å². The zero-order valence-corrected chi connectivity index (χ0v) is 10.0. The van der Waals surface area contributed by atoms with Gasteiger partial charge in [-0.2, -0.15) is 0 Å². The van der Waals surface area contributed by atoms with E-state index in [9.17, 15) is 4.39 Å². The molecule has 1 aromatic rings. The Morgan fingerprint density at radius 1 is 1.38 bits per heavy atom. The van der Waals surface area contributed by atoms with Crippen molar-refractivity contribution in [1.82, 2.24) is 9.47 Å². The molecule has 0 saturated heterocycles. The van der Waals surface area contributed by atoms with Crippen LogP contribution in [0.2, 0.25) is 0 Å². The van der Waals surface area contributed by atoms with Gasteiger partial charge in [-0.15, -0.1) is 0 Å². The lowest BCUT2D eigenvalue weighted by molar-refractivity contribution is 0.267. The summed E-state index contributed by atoms with van der Waals surface area (Å²) < 4.78 is 14.3. The van der Waals surface area contributed by atoms with Crippen molar-refractivity contribution in [3.05, 3.63) is 29.6 Å². The standard InChI is InChI=1S/C11H17FN4/c1-11(2,15(3)4)10(14)16-7-8(12)5-6-9(16)13/h5-7,13-14H,1-4H3. The first kappa shape index (κ1) is 12.6. The molecule has 0 aromatic carbocycles. The summed E-state index contributed by atoms with van der Waals surface area (Å²) in [5.74, 6) is -0.280. The van der Waals surface area contributed by atoms with Crippen LogP contribution >= 0.6 is 0 Å². The quantitative estimate of drug-likeness (QED) is 0.577. The third-order valence-electron chi connectivity index (χ3n) is 2.85. The van der Waals surface area contributed by atoms with E-state index in [2.05, 4.69) is 0 Å². The predicted molar refractivity (Wildman–Crippen MR) is 61.1 cm³/mol. The molecule has 1 aromatic heterocycles. The second-order valence-electron chi connectivity index (χ2n) is 4.40. The molecule has 0 aliphatic heterocycles. The Morgan fingerprint density at radius 2 is 1.94 bits per heavy atom. The fraction of sp³-hybridized carbons (Fsp3) is 0.455. The van der Waals surface area contributed by atoms with Gasteiger partial charge >= 0.3 is 0 Å². The Kier molecular flexibility index (Phi) is 3.28. The van der Waals surface area contributed by atoms with Crippen LogP contribution in [0.5, 0.6) is 0 Å². The average Bonchev–Trinajstić information content (AvgIpc) is 2.20. The largest absolute Gasteiger partial charge is 0.298 e. The van der Waals surface area contributed by atoms with E-state index < -0.39 is 11.4 Å². The molecule has 4 nitrogen and oxygen atoms in total. The van der Waals surface area contributed by atoms with Crippen LogP contribution in [0.15, 0.2) is 18.3 Å². The second kappa shape index (κ2) is 4.17. The van der Waals surface area contributed by atoms with Gasteiger partial charge in [0.2, 0.25) is 0 Å². The van der Waals surface area contributed by atoms with E-state index >= 15 is 0 Å². The summed E-state index contributed by atoms with van der Waals surface area (Å²) in [4.78, 5) is 1.85. The van der Waals surface area contributed by atoms with Crippen molar-refractivity contribution in [2.75, 3.05) is 14.1 Å². The van der Waals surface area contributed by atoms with E-state index in [0.29, 0.717) is 0 Å². The molecule has 0 radical (unpaired) electrons. The van der Waals surface area contributed by atoms with Gasteiger partial charge in [-0.1, -0.05) is 0 Å². The minimum Gasteiger partial charge on any atom is -0.298 e. The third kappa shape index (κ3) is 2.19. The maximum atomic E-state index is 13.1. The Hall–Kier alpha value is -1.49. The molecule has 0 amide bonds. The Labute approximate surface area is 94.3 Å². The molecule has 0 fully saturated rings. The minimum absolute atomic E-state index is 0.0984. The predicted octanol–water partition coefficient (Wildman–Crippen LogP) is 1.27. The van der Waals surface area contributed by atoms with Crippen molar-refractivity contribution < 1.29 is 4.39 Å². The van der Waals surface area contributed by atoms with E-state index in [-0.39, 0.29) is 11.3 Å². The lowest BCUT2D eigenvalue weighted by Crippen LogP contribution is -2.50. The van der Waals surface area contributed by atoms with Crippen molar-refractivity contribution in [2.45, 2.75) is 19.4 Å². The summed E-state index contributed by atoms with van der Waals surface area (Å²) in [6, 6.07) is 2.56. The van der Waals surface area contributed by atoms with Crippen molar-refractivity contribution in [2.24, 2.45) is 0 Å². The van der Waals surface area contributed by atoms with Gasteiger partial charge in [-0.25, -0.2) is 4.39 Å². The third-order valence-corrected chi connectivity index (χ3v) is 2.85. The molecule has 2 N–H and O–H groups in total. The normalized spacial score (nSPS) is 11.9. The molecule has 5 heteroatoms. The van der Waals surface area contributed by atoms with Crippen LogP contribution in [-0.2, 0) is 0 Å². The molecule has 0 aliphatic rings. The highest BCUT2D eigenvalue weighted by Gasteiger charge is 2.27. The van der Waals surface area contributed by atoms with Crippen LogP contribution in [0.1, 0.15) is 13.8 Å². The number of aromatic nitrogens is 1. The number of hydrogen-bond donors (Lipinski definition) is 2. The SMILES string of the molecule is CN(C)C(C)(C)C(=N)n1cc(F)ccc1=N. The van der Waals surface area contributed by atoms with Gasteiger partial charge in [0, 0.05) is 6.20 Å². The number of rotatable bonds is 2. The summed E-state index contributed by atoms with van der Waals surface area (Å²) in [6.45, 7) is 3.71. The first-order chi connectivity index (χ1) is 7.26. The first-order valence-electron chi connectivity index (χ1n) is 4.96. The second-order valence-corrected chi connectivity index (χ2v) is 4.40. The molecule has 16 heavy (non-hydrogen) atoms. The molecule has 0 atom stereocenters. The van der Waals surface area contributed by atoms with Gasteiger partial charge in [0.25, 0.3) is 0 Å². The Morgan fingerprint density at radius 3 is 2.44 bits per heavy atom. The van der Waals surface area contributed by atoms with Crippen LogP contribution in [0.4, 0.5) is 4.39 Å². The first-order valence-corrected chi connectivity index (χ1v) is 4.96. The number of hydrogen-bond acceptors (Lipinski definition) is 3. The van der Waals surface area contributed by atoms with Gasteiger partial charge in [0.15, 0.2) is 0 Å². The summed E-state index contributed by atoms with van der Waals surface area (Å²) in [7, 11) is 3.69. The van der Waals surface area contributed by atoms with Crippen LogP contribution in [0, 0.1) is 16.6 Å². The zero-order chi connectivity index (χ0) is 12.5. The molecular weight excluding hydrogens is 207 g/mol. The van der Waals surface area contributed by atoms with Crippen molar-refractivity contribution in [1.29, 1.82) is 10.8 Å². The van der Waals surface area contributed by atoms with E-state index in [1.54, 1.807) is 0 Å². The van der Waals surface area contributed by atoms with Crippen LogP contribution in [-0.4, -0.2) is 34.9 Å². The molecule has 1 rings (SSSR count). The van der Waals surface area contributed by atoms with Gasteiger partial charge in [0.05, 0.1) is 5.54 Å². The minimum atomic E-state index is -0.561. The van der Waals surface area contributed by atoms with Crippen molar-refractivity contribution in [3.8, 4) is 0 Å². The molecule has 1 heterocycles. The van der Waals surface area contributed by atoms with E-state index in [1.165, 1.54) is 16.7 Å². The average molecular weight is 224 g/mol. The molecule has 0 bridgehead atoms. The summed E-state index contributed by atoms with van der Waals surface area (Å²) in [6.07, 6.45) is 1.16. The Bertz CT molecular complexity index is 459.